The van der Waals surface area contributed by atoms with E-state index in [0.29, 0.717) is 25.2 Å². The molecule has 2 aliphatic heterocycles. The maximum atomic E-state index is 12.7. The largest absolute Gasteiger partial charge is 0.433 e. The summed E-state index contributed by atoms with van der Waals surface area (Å²) in [6.45, 7) is -1.21. The number of carbonyl (C=O) groups excluding carboxylic acids is 1. The number of para-hydroxylation sites is 2. The van der Waals surface area contributed by atoms with Crippen LogP contribution in [-0.4, -0.2) is 54.3 Å². The molecule has 23 heavy (non-hydrogen) atoms. The highest BCUT2D eigenvalue weighted by atomic mass is 19.3. The fraction of sp³-hybridized carbons (Fsp3) is 0.562. The molecule has 0 aromatic heterocycles. The minimum atomic E-state index is -2.93. The van der Waals surface area contributed by atoms with E-state index in [-0.39, 0.29) is 17.7 Å². The molecule has 2 atom stereocenters. The summed E-state index contributed by atoms with van der Waals surface area (Å²) in [4.78, 5) is 16.2. The molecule has 3 rings (SSSR count). The quantitative estimate of drug-likeness (QED) is 0.917. The maximum Gasteiger partial charge on any atom is 0.387 e. The Labute approximate surface area is 133 Å². The average molecular weight is 326 g/mol. The minimum Gasteiger partial charge on any atom is -0.433 e. The van der Waals surface area contributed by atoms with E-state index in [1.54, 1.807) is 18.2 Å². The molecule has 126 valence electrons. The molecular formula is C16H20F2N2O3. The molecule has 7 heteroatoms. The number of benzene rings is 1. The van der Waals surface area contributed by atoms with Crippen LogP contribution in [0.15, 0.2) is 24.3 Å². The first-order valence-corrected chi connectivity index (χ1v) is 7.83. The van der Waals surface area contributed by atoms with Crippen LogP contribution in [0.2, 0.25) is 0 Å². The van der Waals surface area contributed by atoms with Crippen molar-refractivity contribution in [3.8, 4) is 5.75 Å². The van der Waals surface area contributed by atoms with Crippen LogP contribution >= 0.6 is 0 Å². The first-order valence-electron chi connectivity index (χ1n) is 7.83. The van der Waals surface area contributed by atoms with Gasteiger partial charge in [0.2, 0.25) is 5.91 Å². The maximum absolute atomic E-state index is 12.7. The molecule has 0 spiro atoms. The summed E-state index contributed by atoms with van der Waals surface area (Å²) in [7, 11) is 0. The third kappa shape index (κ3) is 3.45. The van der Waals surface area contributed by atoms with Gasteiger partial charge in [0, 0.05) is 13.1 Å². The Bertz CT molecular complexity index is 570. The second kappa shape index (κ2) is 6.80. The summed E-state index contributed by atoms with van der Waals surface area (Å²) in [6.07, 6.45) is 1.83. The molecule has 2 aliphatic rings. The zero-order valence-electron chi connectivity index (χ0n) is 12.7. The molecule has 0 saturated carbocycles. The van der Waals surface area contributed by atoms with Gasteiger partial charge in [0.05, 0.1) is 17.8 Å². The van der Waals surface area contributed by atoms with E-state index < -0.39 is 12.7 Å². The van der Waals surface area contributed by atoms with E-state index in [9.17, 15) is 18.7 Å². The number of carbonyl (C=O) groups is 1. The monoisotopic (exact) mass is 326 g/mol. The molecule has 2 heterocycles. The molecule has 2 saturated heterocycles. The second-order valence-corrected chi connectivity index (χ2v) is 5.93. The lowest BCUT2D eigenvalue weighted by atomic mass is 10.1. The van der Waals surface area contributed by atoms with Gasteiger partial charge in [-0.05, 0) is 37.9 Å². The van der Waals surface area contributed by atoms with Gasteiger partial charge in [0.25, 0.3) is 0 Å². The van der Waals surface area contributed by atoms with Crippen molar-refractivity contribution in [3.63, 3.8) is 0 Å². The Morgan fingerprint density at radius 3 is 2.74 bits per heavy atom. The predicted molar refractivity (Wildman–Crippen MR) is 80.6 cm³/mol. The third-order valence-electron chi connectivity index (χ3n) is 4.42. The third-order valence-corrected chi connectivity index (χ3v) is 4.42. The summed E-state index contributed by atoms with van der Waals surface area (Å²) in [5, 5.41) is 9.78. The number of ether oxygens (including phenoxy) is 1. The Kier molecular flexibility index (Phi) is 4.77. The number of rotatable bonds is 4. The number of hydrogen-bond donors (Lipinski definition) is 1. The summed E-state index contributed by atoms with van der Waals surface area (Å²) < 4.78 is 29.6. The lowest BCUT2D eigenvalue weighted by molar-refractivity contribution is -0.122. The molecule has 0 aliphatic carbocycles. The normalized spacial score (nSPS) is 26.1. The number of likely N-dealkylation sites (tertiary alicyclic amines) is 1. The highest BCUT2D eigenvalue weighted by molar-refractivity contribution is 6.00. The number of aliphatic hydroxyl groups excluding tert-OH is 1. The van der Waals surface area contributed by atoms with Gasteiger partial charge in [0.15, 0.2) is 0 Å². The van der Waals surface area contributed by atoms with Crippen LogP contribution < -0.4 is 9.64 Å². The van der Waals surface area contributed by atoms with E-state index in [2.05, 4.69) is 4.74 Å². The van der Waals surface area contributed by atoms with Gasteiger partial charge < -0.3 is 14.7 Å². The van der Waals surface area contributed by atoms with E-state index >= 15 is 0 Å². The van der Waals surface area contributed by atoms with Gasteiger partial charge in [-0.25, -0.2) is 0 Å². The van der Waals surface area contributed by atoms with E-state index in [1.807, 2.05) is 4.90 Å². The molecule has 1 aromatic rings. The molecule has 0 unspecified atom stereocenters. The number of amides is 1. The minimum absolute atomic E-state index is 0.00942. The summed E-state index contributed by atoms with van der Waals surface area (Å²) in [5.41, 5.74) is 0.373. The second-order valence-electron chi connectivity index (χ2n) is 5.93. The molecule has 0 bridgehead atoms. The molecule has 1 aromatic carbocycles. The van der Waals surface area contributed by atoms with Crippen molar-refractivity contribution in [3.05, 3.63) is 24.3 Å². The van der Waals surface area contributed by atoms with Crippen molar-refractivity contribution in [2.24, 2.45) is 0 Å². The van der Waals surface area contributed by atoms with Gasteiger partial charge in [-0.3, -0.25) is 9.69 Å². The predicted octanol–water partition coefficient (Wildman–Crippen LogP) is 1.85. The first-order chi connectivity index (χ1) is 11.1. The number of halogens is 2. The number of aliphatic hydroxyl groups is 1. The van der Waals surface area contributed by atoms with Crippen LogP contribution in [0.1, 0.15) is 19.3 Å². The van der Waals surface area contributed by atoms with E-state index in [0.717, 1.165) is 19.4 Å². The van der Waals surface area contributed by atoms with Crippen molar-refractivity contribution in [1.82, 2.24) is 4.90 Å². The van der Waals surface area contributed by atoms with E-state index in [4.69, 9.17) is 0 Å². The molecular weight excluding hydrogens is 306 g/mol. The Balaban J connectivity index is 1.77. The fourth-order valence-electron chi connectivity index (χ4n) is 3.39. The van der Waals surface area contributed by atoms with Gasteiger partial charge >= 0.3 is 6.61 Å². The highest BCUT2D eigenvalue weighted by Crippen LogP contribution is 2.34. The smallest absolute Gasteiger partial charge is 0.387 e. The Morgan fingerprint density at radius 1 is 1.22 bits per heavy atom. The van der Waals surface area contributed by atoms with Gasteiger partial charge in [-0.2, -0.15) is 8.78 Å². The number of β-amino-alcohol motifs (C(OH)–C–C–N with tert-alkyl or cyclic N) is 1. The standard InChI is InChI=1S/C16H20F2N2O3/c17-16(18)23-14-6-2-1-5-12(14)20-9-7-13(15(20)22)19-8-3-4-11(21)10-19/h1-2,5-6,11,13,16,21H,3-4,7-10H2/t11-,13-/m1/s1. The first kappa shape index (κ1) is 16.1. The topological polar surface area (TPSA) is 53.0 Å². The van der Waals surface area contributed by atoms with Crippen LogP contribution in [0, 0.1) is 0 Å². The SMILES string of the molecule is O=C1[C@H](N2CCC[C@@H](O)C2)CCN1c1ccccc1OC(F)F. The fourth-order valence-corrected chi connectivity index (χ4v) is 3.39. The van der Waals surface area contributed by atoms with Crippen LogP contribution in [0.4, 0.5) is 14.5 Å². The van der Waals surface area contributed by atoms with Crippen molar-refractivity contribution >= 4 is 11.6 Å². The van der Waals surface area contributed by atoms with Crippen molar-refractivity contribution in [2.75, 3.05) is 24.5 Å². The summed E-state index contributed by atoms with van der Waals surface area (Å²) >= 11 is 0. The van der Waals surface area contributed by atoms with Gasteiger partial charge in [-0.15, -0.1) is 0 Å². The van der Waals surface area contributed by atoms with Crippen LogP contribution in [-0.2, 0) is 4.79 Å². The lowest BCUT2D eigenvalue weighted by Gasteiger charge is -2.33. The summed E-state index contributed by atoms with van der Waals surface area (Å²) in [6, 6.07) is 6.04. The molecule has 1 N–H and O–H groups in total. The number of nitrogens with zero attached hydrogens (tertiary/aromatic N) is 2. The van der Waals surface area contributed by atoms with Gasteiger partial charge in [-0.1, -0.05) is 12.1 Å². The molecule has 2 fully saturated rings. The van der Waals surface area contributed by atoms with Crippen LogP contribution in [0.5, 0.6) is 5.75 Å². The summed E-state index contributed by atoms with van der Waals surface area (Å²) in [5.74, 6) is -0.111. The Hall–Kier alpha value is -1.73. The zero-order valence-corrected chi connectivity index (χ0v) is 12.7. The van der Waals surface area contributed by atoms with Gasteiger partial charge in [0.1, 0.15) is 5.75 Å². The molecule has 1 amide bonds. The van der Waals surface area contributed by atoms with Crippen molar-refractivity contribution in [1.29, 1.82) is 0 Å². The number of anilines is 1. The zero-order chi connectivity index (χ0) is 16.4. The average Bonchev–Trinajstić information content (AvgIpc) is 2.89. The number of alkyl halides is 2. The molecule has 0 radical (unpaired) electrons. The highest BCUT2D eigenvalue weighted by Gasteiger charge is 2.39. The Morgan fingerprint density at radius 2 is 2.00 bits per heavy atom. The number of piperidine rings is 1. The number of hydrogen-bond acceptors (Lipinski definition) is 4. The lowest BCUT2D eigenvalue weighted by Crippen LogP contribution is -2.48. The van der Waals surface area contributed by atoms with Crippen LogP contribution in [0.25, 0.3) is 0 Å². The molecule has 5 nitrogen and oxygen atoms in total. The van der Waals surface area contributed by atoms with Crippen molar-refractivity contribution in [2.45, 2.75) is 38.0 Å². The van der Waals surface area contributed by atoms with Crippen molar-refractivity contribution < 1.29 is 23.4 Å². The van der Waals surface area contributed by atoms with E-state index in [1.165, 1.54) is 11.0 Å². The van der Waals surface area contributed by atoms with Crippen LogP contribution in [0.3, 0.4) is 0 Å².